The number of thioether (sulfide) groups is 1. The average molecular weight is 432 g/mol. The van der Waals surface area contributed by atoms with Crippen molar-refractivity contribution in [3.05, 3.63) is 45.3 Å². The molecule has 2 heterocycles. The molecule has 0 radical (unpaired) electrons. The van der Waals surface area contributed by atoms with Crippen LogP contribution in [0.1, 0.15) is 20.8 Å². The van der Waals surface area contributed by atoms with Crippen molar-refractivity contribution in [3.63, 3.8) is 0 Å². The number of nitrogens with zero attached hydrogens (tertiary/aromatic N) is 1. The number of carbonyl (C=O) groups is 2. The van der Waals surface area contributed by atoms with Crippen molar-refractivity contribution in [3.8, 4) is 0 Å². The van der Waals surface area contributed by atoms with Gasteiger partial charge in [0.1, 0.15) is 5.00 Å². The summed E-state index contributed by atoms with van der Waals surface area (Å²) in [5, 5.41) is 4.08. The maximum absolute atomic E-state index is 12.3. The smallest absolute Gasteiger partial charge is 0.251 e. The van der Waals surface area contributed by atoms with E-state index in [1.54, 1.807) is 12.1 Å². The summed E-state index contributed by atoms with van der Waals surface area (Å²) in [6, 6.07) is 7.32. The third-order valence-corrected chi connectivity index (χ3v) is 6.33. The molecule has 9 heteroatoms. The Hall–Kier alpha value is -1.25. The number of benzene rings is 1. The highest BCUT2D eigenvalue weighted by Gasteiger charge is 2.26. The van der Waals surface area contributed by atoms with Crippen LogP contribution in [0.15, 0.2) is 29.2 Å². The zero-order valence-corrected chi connectivity index (χ0v) is 17.3. The Morgan fingerprint density at radius 3 is 2.69 bits per heavy atom. The fourth-order valence-electron chi connectivity index (χ4n) is 2.72. The van der Waals surface area contributed by atoms with Crippen LogP contribution < -0.4 is 11.1 Å². The SMILES string of the molecule is CN1CCc2c(sc(NC(=O)CSc3ccc(Cl)cc3)c2C(N)=O)C1.Cl. The van der Waals surface area contributed by atoms with E-state index >= 15 is 0 Å². The Balaban J connectivity index is 0.00000243. The highest BCUT2D eigenvalue weighted by Crippen LogP contribution is 2.36. The predicted octanol–water partition coefficient (Wildman–Crippen LogP) is 3.64. The van der Waals surface area contributed by atoms with Gasteiger partial charge in [0.25, 0.3) is 5.91 Å². The molecule has 140 valence electrons. The number of likely N-dealkylation sites (N-methyl/N-ethyl adjacent to an activating group) is 1. The van der Waals surface area contributed by atoms with E-state index in [0.717, 1.165) is 34.8 Å². The van der Waals surface area contributed by atoms with E-state index in [2.05, 4.69) is 10.2 Å². The zero-order valence-electron chi connectivity index (χ0n) is 14.1. The minimum absolute atomic E-state index is 0. The van der Waals surface area contributed by atoms with E-state index in [1.807, 2.05) is 19.2 Å². The van der Waals surface area contributed by atoms with Crippen molar-refractivity contribution in [2.45, 2.75) is 17.9 Å². The molecule has 5 nitrogen and oxygen atoms in total. The van der Waals surface area contributed by atoms with Crippen molar-refractivity contribution >= 4 is 63.9 Å². The Bertz CT molecular complexity index is 809. The first kappa shape index (κ1) is 21.1. The predicted molar refractivity (Wildman–Crippen MR) is 111 cm³/mol. The number of amides is 2. The first-order valence-electron chi connectivity index (χ1n) is 7.75. The molecule has 0 saturated heterocycles. The lowest BCUT2D eigenvalue weighted by Crippen LogP contribution is -2.27. The van der Waals surface area contributed by atoms with E-state index in [-0.39, 0.29) is 24.1 Å². The van der Waals surface area contributed by atoms with Crippen LogP contribution in [-0.2, 0) is 17.8 Å². The molecule has 1 aromatic heterocycles. The van der Waals surface area contributed by atoms with Gasteiger partial charge in [-0.1, -0.05) is 11.6 Å². The minimum Gasteiger partial charge on any atom is -0.365 e. The summed E-state index contributed by atoms with van der Waals surface area (Å²) in [6.45, 7) is 1.65. The standard InChI is InChI=1S/C17H18ClN3O2S2.ClH/c1-21-7-6-12-13(8-21)25-17(15(12)16(19)23)20-14(22)9-24-11-4-2-10(18)3-5-11;/h2-5H,6-9H2,1H3,(H2,19,23)(H,20,22);1H. The van der Waals surface area contributed by atoms with Gasteiger partial charge in [0.05, 0.1) is 11.3 Å². The van der Waals surface area contributed by atoms with Crippen LogP contribution in [0.4, 0.5) is 5.00 Å². The molecule has 0 saturated carbocycles. The number of primary amides is 1. The van der Waals surface area contributed by atoms with Crippen molar-refractivity contribution in [1.82, 2.24) is 4.90 Å². The molecule has 0 bridgehead atoms. The number of halogens is 2. The molecule has 1 aromatic carbocycles. The third kappa shape index (κ3) is 4.92. The van der Waals surface area contributed by atoms with Crippen molar-refractivity contribution in [2.24, 2.45) is 5.73 Å². The highest BCUT2D eigenvalue weighted by molar-refractivity contribution is 8.00. The molecule has 26 heavy (non-hydrogen) atoms. The summed E-state index contributed by atoms with van der Waals surface area (Å²) in [5.41, 5.74) is 7.01. The van der Waals surface area contributed by atoms with E-state index < -0.39 is 5.91 Å². The normalized spacial score (nSPS) is 13.6. The summed E-state index contributed by atoms with van der Waals surface area (Å²) in [4.78, 5) is 28.4. The van der Waals surface area contributed by atoms with E-state index in [0.29, 0.717) is 15.6 Å². The van der Waals surface area contributed by atoms with Crippen LogP contribution in [0.3, 0.4) is 0 Å². The third-order valence-electron chi connectivity index (χ3n) is 3.93. The number of hydrogen-bond donors (Lipinski definition) is 2. The molecular weight excluding hydrogens is 413 g/mol. The maximum atomic E-state index is 12.3. The molecule has 0 unspecified atom stereocenters. The molecular formula is C17H19Cl2N3O2S2. The summed E-state index contributed by atoms with van der Waals surface area (Å²) < 4.78 is 0. The van der Waals surface area contributed by atoms with Gasteiger partial charge in [-0.3, -0.25) is 9.59 Å². The summed E-state index contributed by atoms with van der Waals surface area (Å²) >= 11 is 8.71. The topological polar surface area (TPSA) is 75.4 Å². The number of hydrogen-bond acceptors (Lipinski definition) is 5. The number of anilines is 1. The van der Waals surface area contributed by atoms with Gasteiger partial charge in [0.15, 0.2) is 0 Å². The molecule has 1 aliphatic rings. The van der Waals surface area contributed by atoms with Gasteiger partial charge in [-0.25, -0.2) is 0 Å². The van der Waals surface area contributed by atoms with Crippen LogP contribution in [0, 0.1) is 0 Å². The largest absolute Gasteiger partial charge is 0.365 e. The molecule has 2 aromatic rings. The molecule has 0 atom stereocenters. The molecule has 3 rings (SSSR count). The van der Waals surface area contributed by atoms with E-state index in [4.69, 9.17) is 17.3 Å². The Labute approximate surface area is 171 Å². The summed E-state index contributed by atoms with van der Waals surface area (Å²) in [7, 11) is 2.04. The summed E-state index contributed by atoms with van der Waals surface area (Å²) in [6.07, 6.45) is 0.774. The number of rotatable bonds is 5. The minimum atomic E-state index is -0.484. The van der Waals surface area contributed by atoms with Gasteiger partial charge in [-0.15, -0.1) is 35.5 Å². The molecule has 2 amide bonds. The first-order valence-corrected chi connectivity index (χ1v) is 9.93. The Kier molecular flexibility index (Phi) is 7.37. The second-order valence-electron chi connectivity index (χ2n) is 5.85. The van der Waals surface area contributed by atoms with Gasteiger partial charge in [-0.2, -0.15) is 0 Å². The van der Waals surface area contributed by atoms with Crippen molar-refractivity contribution in [1.29, 1.82) is 0 Å². The Morgan fingerprint density at radius 2 is 2.04 bits per heavy atom. The number of fused-ring (bicyclic) bond motifs is 1. The fraction of sp³-hybridized carbons (Fsp3) is 0.294. The molecule has 0 spiro atoms. The van der Waals surface area contributed by atoms with Crippen LogP contribution in [0.2, 0.25) is 5.02 Å². The quantitative estimate of drug-likeness (QED) is 0.708. The molecule has 3 N–H and O–H groups in total. The number of carbonyl (C=O) groups excluding carboxylic acids is 2. The van der Waals surface area contributed by atoms with Crippen LogP contribution in [-0.4, -0.2) is 36.1 Å². The first-order chi connectivity index (χ1) is 11.9. The number of nitrogens with two attached hydrogens (primary N) is 1. The summed E-state index contributed by atoms with van der Waals surface area (Å²) in [5.74, 6) is -0.389. The lowest BCUT2D eigenvalue weighted by Gasteiger charge is -2.22. The fourth-order valence-corrected chi connectivity index (χ4v) is 4.90. The van der Waals surface area contributed by atoms with Gasteiger partial charge >= 0.3 is 0 Å². The van der Waals surface area contributed by atoms with Crippen LogP contribution in [0.5, 0.6) is 0 Å². The van der Waals surface area contributed by atoms with Crippen molar-refractivity contribution < 1.29 is 9.59 Å². The van der Waals surface area contributed by atoms with E-state index in [9.17, 15) is 9.59 Å². The molecule has 0 fully saturated rings. The van der Waals surface area contributed by atoms with Gasteiger partial charge in [-0.05, 0) is 43.3 Å². The number of nitrogens with one attached hydrogen (secondary N) is 1. The lowest BCUT2D eigenvalue weighted by molar-refractivity contribution is -0.113. The maximum Gasteiger partial charge on any atom is 0.251 e. The van der Waals surface area contributed by atoms with Gasteiger partial charge < -0.3 is 16.0 Å². The lowest BCUT2D eigenvalue weighted by atomic mass is 10.0. The monoisotopic (exact) mass is 431 g/mol. The second-order valence-corrected chi connectivity index (χ2v) is 8.44. The average Bonchev–Trinajstić information content (AvgIpc) is 2.91. The van der Waals surface area contributed by atoms with E-state index in [1.165, 1.54) is 23.1 Å². The Morgan fingerprint density at radius 1 is 1.35 bits per heavy atom. The number of thiophene rings is 1. The molecule has 0 aliphatic carbocycles. The van der Waals surface area contributed by atoms with Crippen LogP contribution >= 0.6 is 47.1 Å². The van der Waals surface area contributed by atoms with Crippen LogP contribution in [0.25, 0.3) is 0 Å². The van der Waals surface area contributed by atoms with Gasteiger partial charge in [0.2, 0.25) is 5.91 Å². The molecule has 1 aliphatic heterocycles. The highest BCUT2D eigenvalue weighted by atomic mass is 35.5. The second kappa shape index (κ2) is 9.10. The van der Waals surface area contributed by atoms with Crippen molar-refractivity contribution in [2.75, 3.05) is 24.7 Å². The zero-order chi connectivity index (χ0) is 18.0. The van der Waals surface area contributed by atoms with Gasteiger partial charge in [0, 0.05) is 27.9 Å².